The van der Waals surface area contributed by atoms with Gasteiger partial charge in [0.1, 0.15) is 5.75 Å². The van der Waals surface area contributed by atoms with Crippen molar-refractivity contribution in [1.82, 2.24) is 4.57 Å². The van der Waals surface area contributed by atoms with E-state index < -0.39 is 17.5 Å². The molecule has 0 aliphatic carbocycles. The van der Waals surface area contributed by atoms with Gasteiger partial charge in [-0.3, -0.25) is 14.9 Å². The third-order valence-corrected chi connectivity index (χ3v) is 5.05. The Kier molecular flexibility index (Phi) is 6.83. The maximum Gasteiger partial charge on any atom is 0.344 e. The number of hydrogen-bond acceptors (Lipinski definition) is 7. The van der Waals surface area contributed by atoms with Gasteiger partial charge in [-0.1, -0.05) is 0 Å². The Balaban J connectivity index is 1.50. The fraction of sp³-hybridized carbons (Fsp3) is 0.429. The summed E-state index contributed by atoms with van der Waals surface area (Å²) in [5, 5.41) is 10.6. The molecule has 1 aliphatic rings. The van der Waals surface area contributed by atoms with Gasteiger partial charge in [-0.25, -0.2) is 4.79 Å². The molecule has 0 amide bonds. The molecule has 1 aromatic heterocycles. The van der Waals surface area contributed by atoms with E-state index in [1.165, 1.54) is 24.3 Å². The third kappa shape index (κ3) is 5.24. The largest absolute Gasteiger partial charge is 0.482 e. The van der Waals surface area contributed by atoms with Crippen LogP contribution in [0.3, 0.4) is 0 Å². The van der Waals surface area contributed by atoms with Gasteiger partial charge in [0, 0.05) is 42.2 Å². The Labute approximate surface area is 173 Å². The smallest absolute Gasteiger partial charge is 0.344 e. The van der Waals surface area contributed by atoms with Crippen LogP contribution in [0.1, 0.15) is 34.6 Å². The molecule has 9 nitrogen and oxygen atoms in total. The highest BCUT2D eigenvalue weighted by molar-refractivity contribution is 5.99. The van der Waals surface area contributed by atoms with Crippen molar-refractivity contribution >= 4 is 17.4 Å². The molecule has 30 heavy (non-hydrogen) atoms. The molecular formula is C21H24N2O7. The molecule has 0 unspecified atom stereocenters. The summed E-state index contributed by atoms with van der Waals surface area (Å²) in [7, 11) is 0. The molecular weight excluding hydrogens is 392 g/mol. The highest BCUT2D eigenvalue weighted by Crippen LogP contribution is 2.21. The number of aromatic nitrogens is 1. The van der Waals surface area contributed by atoms with Crippen molar-refractivity contribution in [2.75, 3.05) is 19.8 Å². The fourth-order valence-corrected chi connectivity index (χ4v) is 3.43. The third-order valence-electron chi connectivity index (χ3n) is 5.05. The van der Waals surface area contributed by atoms with E-state index in [0.29, 0.717) is 17.9 Å². The van der Waals surface area contributed by atoms with Crippen LogP contribution in [-0.4, -0.2) is 47.2 Å². The van der Waals surface area contributed by atoms with E-state index in [0.717, 1.165) is 30.8 Å². The van der Waals surface area contributed by atoms with Crippen molar-refractivity contribution in [3.05, 3.63) is 57.4 Å². The molecule has 1 aromatic carbocycles. The summed E-state index contributed by atoms with van der Waals surface area (Å²) in [6.45, 7) is 4.49. The van der Waals surface area contributed by atoms with E-state index in [-0.39, 0.29) is 24.2 Å². The van der Waals surface area contributed by atoms with Crippen LogP contribution >= 0.6 is 0 Å². The number of hydrogen-bond donors (Lipinski definition) is 0. The van der Waals surface area contributed by atoms with Gasteiger partial charge < -0.3 is 18.8 Å². The first-order valence-electron chi connectivity index (χ1n) is 9.69. The zero-order valence-corrected chi connectivity index (χ0v) is 17.0. The highest BCUT2D eigenvalue weighted by atomic mass is 16.6. The van der Waals surface area contributed by atoms with Crippen molar-refractivity contribution in [3.63, 3.8) is 0 Å². The minimum Gasteiger partial charge on any atom is -0.482 e. The zero-order valence-electron chi connectivity index (χ0n) is 17.0. The molecule has 0 N–H and O–H groups in total. The lowest BCUT2D eigenvalue weighted by atomic mass is 10.1. The Morgan fingerprint density at radius 2 is 1.97 bits per heavy atom. The number of non-ortho nitro benzene ring substituents is 1. The zero-order chi connectivity index (χ0) is 21.7. The first-order chi connectivity index (χ1) is 14.3. The molecule has 1 atom stereocenters. The van der Waals surface area contributed by atoms with Crippen molar-refractivity contribution in [1.29, 1.82) is 0 Å². The molecule has 0 saturated carbocycles. The number of nitrogens with zero attached hydrogens (tertiary/aromatic N) is 2. The first-order valence-corrected chi connectivity index (χ1v) is 9.69. The summed E-state index contributed by atoms with van der Waals surface area (Å²) in [5.74, 6) is -0.693. The predicted molar refractivity (Wildman–Crippen MR) is 107 cm³/mol. The van der Waals surface area contributed by atoms with Gasteiger partial charge in [0.25, 0.3) is 5.69 Å². The van der Waals surface area contributed by atoms with Crippen LogP contribution in [0, 0.1) is 24.0 Å². The van der Waals surface area contributed by atoms with Gasteiger partial charge in [-0.2, -0.15) is 0 Å². The molecule has 9 heteroatoms. The number of nitro benzene ring substituents is 1. The summed E-state index contributed by atoms with van der Waals surface area (Å²) in [6, 6.07) is 7.12. The second-order valence-corrected chi connectivity index (χ2v) is 7.15. The minimum atomic E-state index is -0.699. The molecule has 2 aromatic rings. The van der Waals surface area contributed by atoms with Gasteiger partial charge in [-0.15, -0.1) is 0 Å². The quantitative estimate of drug-likeness (QED) is 0.267. The van der Waals surface area contributed by atoms with Crippen molar-refractivity contribution in [2.45, 2.75) is 39.3 Å². The number of carbonyl (C=O) groups is 2. The maximum absolute atomic E-state index is 12.5. The topological polar surface area (TPSA) is 110 Å². The molecule has 3 rings (SSSR count). The van der Waals surface area contributed by atoms with E-state index in [9.17, 15) is 19.7 Å². The Morgan fingerprint density at radius 3 is 2.60 bits per heavy atom. The lowest BCUT2D eigenvalue weighted by molar-refractivity contribution is -0.384. The van der Waals surface area contributed by atoms with E-state index in [1.54, 1.807) is 6.07 Å². The summed E-state index contributed by atoms with van der Waals surface area (Å²) >= 11 is 0. The second-order valence-electron chi connectivity index (χ2n) is 7.15. The van der Waals surface area contributed by atoms with Crippen LogP contribution in [0.5, 0.6) is 5.75 Å². The van der Waals surface area contributed by atoms with Crippen LogP contribution in [0.15, 0.2) is 30.3 Å². The molecule has 1 saturated heterocycles. The molecule has 2 heterocycles. The van der Waals surface area contributed by atoms with E-state index in [4.69, 9.17) is 14.2 Å². The number of ketones is 1. The van der Waals surface area contributed by atoms with E-state index in [2.05, 4.69) is 4.57 Å². The van der Waals surface area contributed by atoms with Crippen molar-refractivity contribution in [3.8, 4) is 5.75 Å². The number of benzene rings is 1. The number of ether oxygens (including phenoxy) is 3. The van der Waals surface area contributed by atoms with Crippen molar-refractivity contribution in [2.24, 2.45) is 0 Å². The monoisotopic (exact) mass is 416 g/mol. The highest BCUT2D eigenvalue weighted by Gasteiger charge is 2.21. The summed E-state index contributed by atoms with van der Waals surface area (Å²) < 4.78 is 18.0. The lowest BCUT2D eigenvalue weighted by Gasteiger charge is -2.14. The summed E-state index contributed by atoms with van der Waals surface area (Å²) in [6.07, 6.45) is 2.22. The number of nitro groups is 1. The average Bonchev–Trinajstić information content (AvgIpc) is 3.34. The van der Waals surface area contributed by atoms with E-state index >= 15 is 0 Å². The van der Waals surface area contributed by atoms with Crippen LogP contribution in [0.2, 0.25) is 0 Å². The lowest BCUT2D eigenvalue weighted by Crippen LogP contribution is -2.20. The van der Waals surface area contributed by atoms with Gasteiger partial charge in [0.2, 0.25) is 5.78 Å². The predicted octanol–water partition coefficient (Wildman–Crippen LogP) is 3.00. The standard InChI is InChI=1S/C21H24N2O7/c1-14-10-19(15(2)22(14)11-18-4-3-9-28-18)20(24)12-30-21(25)13-29-17-7-5-16(6-8-17)23(26)27/h5-8,10,18H,3-4,9,11-13H2,1-2H3/t18-/m0/s1. The Bertz CT molecular complexity index is 928. The number of Topliss-reactive ketones (excluding diaryl/α,β-unsaturated/α-hetero) is 1. The first kappa shape index (κ1) is 21.5. The SMILES string of the molecule is Cc1cc(C(=O)COC(=O)COc2ccc([N+](=O)[O-])cc2)c(C)n1C[C@@H]1CCCO1. The van der Waals surface area contributed by atoms with Crippen LogP contribution in [0.25, 0.3) is 0 Å². The molecule has 0 radical (unpaired) electrons. The molecule has 0 bridgehead atoms. The van der Waals surface area contributed by atoms with Crippen LogP contribution in [-0.2, 0) is 20.8 Å². The Hall–Kier alpha value is -3.20. The van der Waals surface area contributed by atoms with Gasteiger partial charge in [0.15, 0.2) is 13.2 Å². The van der Waals surface area contributed by atoms with Crippen molar-refractivity contribution < 1.29 is 28.7 Å². The second kappa shape index (κ2) is 9.53. The minimum absolute atomic E-state index is 0.0763. The molecule has 1 fully saturated rings. The number of aryl methyl sites for hydroxylation is 1. The molecule has 0 spiro atoms. The van der Waals surface area contributed by atoms with Crippen LogP contribution < -0.4 is 4.74 Å². The normalized spacial score (nSPS) is 15.7. The molecule has 160 valence electrons. The average molecular weight is 416 g/mol. The summed E-state index contributed by atoms with van der Waals surface area (Å²) in [5.41, 5.74) is 2.23. The summed E-state index contributed by atoms with van der Waals surface area (Å²) in [4.78, 5) is 34.5. The van der Waals surface area contributed by atoms with Crippen LogP contribution in [0.4, 0.5) is 5.69 Å². The van der Waals surface area contributed by atoms with Gasteiger partial charge in [0.05, 0.1) is 11.0 Å². The number of rotatable bonds is 9. The number of esters is 1. The molecule has 1 aliphatic heterocycles. The number of carbonyl (C=O) groups excluding carboxylic acids is 2. The maximum atomic E-state index is 12.5. The fourth-order valence-electron chi connectivity index (χ4n) is 3.43. The van der Waals surface area contributed by atoms with Gasteiger partial charge >= 0.3 is 5.97 Å². The van der Waals surface area contributed by atoms with Gasteiger partial charge in [-0.05, 0) is 44.9 Å². The Morgan fingerprint density at radius 1 is 1.23 bits per heavy atom. The van der Waals surface area contributed by atoms with E-state index in [1.807, 2.05) is 13.8 Å².